The molecule has 2 rings (SSSR count). The van der Waals surface area contributed by atoms with Gasteiger partial charge in [0.05, 0.1) is 5.56 Å². The number of likely N-dealkylation sites (N-methyl/N-ethyl adjacent to an activating group) is 1. The predicted molar refractivity (Wildman–Crippen MR) is 79.7 cm³/mol. The van der Waals surface area contributed by atoms with Crippen LogP contribution >= 0.6 is 0 Å². The van der Waals surface area contributed by atoms with E-state index in [1.54, 1.807) is 24.5 Å². The summed E-state index contributed by atoms with van der Waals surface area (Å²) in [6.07, 6.45) is 5.43. The molecule has 5 nitrogen and oxygen atoms in total. The molecule has 0 unspecified atom stereocenters. The van der Waals surface area contributed by atoms with E-state index < -0.39 is 0 Å². The van der Waals surface area contributed by atoms with Crippen molar-refractivity contribution in [2.75, 3.05) is 46.3 Å². The van der Waals surface area contributed by atoms with Crippen LogP contribution in [0.2, 0.25) is 0 Å². The third-order valence-corrected chi connectivity index (χ3v) is 3.71. The molecule has 1 aliphatic heterocycles. The normalized spacial score (nSPS) is 17.1. The highest BCUT2D eigenvalue weighted by Gasteiger charge is 2.12. The van der Waals surface area contributed by atoms with Crippen LogP contribution in [0.3, 0.4) is 0 Å². The molecule has 1 aliphatic rings. The lowest BCUT2D eigenvalue weighted by Gasteiger charge is -2.32. The van der Waals surface area contributed by atoms with Crippen molar-refractivity contribution in [3.8, 4) is 0 Å². The largest absolute Gasteiger partial charge is 0.352 e. The van der Waals surface area contributed by atoms with Crippen LogP contribution in [0.4, 0.5) is 0 Å². The molecule has 0 bridgehead atoms. The smallest absolute Gasteiger partial charge is 0.252 e. The molecule has 20 heavy (non-hydrogen) atoms. The number of carbonyl (C=O) groups is 1. The molecule has 0 atom stereocenters. The van der Waals surface area contributed by atoms with Gasteiger partial charge in [-0.2, -0.15) is 0 Å². The molecule has 110 valence electrons. The number of unbranched alkanes of at least 4 members (excludes halogenated alkanes) is 1. The van der Waals surface area contributed by atoms with E-state index >= 15 is 0 Å². The zero-order valence-corrected chi connectivity index (χ0v) is 12.2. The summed E-state index contributed by atoms with van der Waals surface area (Å²) in [5.74, 6) is -0.0299. The Hall–Kier alpha value is -1.46. The zero-order valence-electron chi connectivity index (χ0n) is 12.2. The van der Waals surface area contributed by atoms with Crippen LogP contribution < -0.4 is 5.32 Å². The van der Waals surface area contributed by atoms with Crippen LogP contribution in [0, 0.1) is 0 Å². The molecule has 1 amide bonds. The van der Waals surface area contributed by atoms with Gasteiger partial charge in [-0.05, 0) is 38.6 Å². The van der Waals surface area contributed by atoms with E-state index in [9.17, 15) is 4.79 Å². The van der Waals surface area contributed by atoms with Gasteiger partial charge in [0.1, 0.15) is 0 Å². The van der Waals surface area contributed by atoms with E-state index in [2.05, 4.69) is 27.1 Å². The Labute approximate surface area is 121 Å². The zero-order chi connectivity index (χ0) is 14.2. The molecule has 1 N–H and O–H groups in total. The van der Waals surface area contributed by atoms with Crippen molar-refractivity contribution in [2.24, 2.45) is 0 Å². The molecule has 1 aromatic rings. The molecule has 5 heteroatoms. The van der Waals surface area contributed by atoms with Gasteiger partial charge in [0.15, 0.2) is 0 Å². The van der Waals surface area contributed by atoms with Gasteiger partial charge in [-0.15, -0.1) is 0 Å². The number of pyridine rings is 1. The molecule has 1 aromatic heterocycles. The summed E-state index contributed by atoms with van der Waals surface area (Å²) in [6.45, 7) is 6.53. The second-order valence-corrected chi connectivity index (χ2v) is 5.35. The number of nitrogens with one attached hydrogen (secondary N) is 1. The maximum atomic E-state index is 11.8. The maximum absolute atomic E-state index is 11.8. The van der Waals surface area contributed by atoms with Gasteiger partial charge < -0.3 is 15.1 Å². The standard InChI is InChI=1S/C15H24N4O/c1-18-9-11-19(12-10-18)8-3-2-7-17-15(20)14-5-4-6-16-13-14/h4-6,13H,2-3,7-12H2,1H3,(H,17,20). The van der Waals surface area contributed by atoms with Gasteiger partial charge in [0.2, 0.25) is 0 Å². The number of aromatic nitrogens is 1. The van der Waals surface area contributed by atoms with Gasteiger partial charge >= 0.3 is 0 Å². The van der Waals surface area contributed by atoms with Crippen LogP contribution in [0.5, 0.6) is 0 Å². The molecule has 1 saturated heterocycles. The molecule has 0 spiro atoms. The van der Waals surface area contributed by atoms with Crippen molar-refractivity contribution >= 4 is 5.91 Å². The summed E-state index contributed by atoms with van der Waals surface area (Å²) in [5, 5.41) is 2.94. The lowest BCUT2D eigenvalue weighted by Crippen LogP contribution is -2.44. The van der Waals surface area contributed by atoms with Crippen LogP contribution in [-0.2, 0) is 0 Å². The van der Waals surface area contributed by atoms with Crippen LogP contribution in [0.25, 0.3) is 0 Å². The second-order valence-electron chi connectivity index (χ2n) is 5.35. The molecular formula is C15H24N4O. The number of rotatable bonds is 6. The number of hydrogen-bond donors (Lipinski definition) is 1. The minimum absolute atomic E-state index is 0.0299. The van der Waals surface area contributed by atoms with Crippen molar-refractivity contribution < 1.29 is 4.79 Å². The van der Waals surface area contributed by atoms with E-state index in [4.69, 9.17) is 0 Å². The first-order valence-electron chi connectivity index (χ1n) is 7.35. The number of carbonyl (C=O) groups excluding carboxylic acids is 1. The summed E-state index contributed by atoms with van der Waals surface area (Å²) in [5.41, 5.74) is 0.631. The summed E-state index contributed by atoms with van der Waals surface area (Å²) in [7, 11) is 2.17. The number of piperazine rings is 1. The van der Waals surface area contributed by atoms with E-state index in [0.717, 1.165) is 39.0 Å². The highest BCUT2D eigenvalue weighted by Crippen LogP contribution is 2.01. The Morgan fingerprint density at radius 3 is 2.80 bits per heavy atom. The van der Waals surface area contributed by atoms with E-state index in [-0.39, 0.29) is 5.91 Å². The summed E-state index contributed by atoms with van der Waals surface area (Å²) in [4.78, 5) is 20.6. The molecule has 0 radical (unpaired) electrons. The third-order valence-electron chi connectivity index (χ3n) is 3.71. The monoisotopic (exact) mass is 276 g/mol. The maximum Gasteiger partial charge on any atom is 0.252 e. The van der Waals surface area contributed by atoms with Gasteiger partial charge in [-0.3, -0.25) is 9.78 Å². The van der Waals surface area contributed by atoms with Crippen molar-refractivity contribution in [1.29, 1.82) is 0 Å². The Balaban J connectivity index is 1.55. The molecule has 0 aliphatic carbocycles. The Morgan fingerprint density at radius 2 is 2.10 bits per heavy atom. The predicted octanol–water partition coefficient (Wildman–Crippen LogP) is 0.839. The highest BCUT2D eigenvalue weighted by atomic mass is 16.1. The Kier molecular flexibility index (Phi) is 5.95. The van der Waals surface area contributed by atoms with Gasteiger partial charge in [-0.1, -0.05) is 0 Å². The molecular weight excluding hydrogens is 252 g/mol. The topological polar surface area (TPSA) is 48.5 Å². The average Bonchev–Trinajstić information content (AvgIpc) is 2.49. The molecule has 0 aromatic carbocycles. The van der Waals surface area contributed by atoms with E-state index in [1.165, 1.54) is 13.1 Å². The fourth-order valence-corrected chi connectivity index (χ4v) is 2.33. The minimum atomic E-state index is -0.0299. The van der Waals surface area contributed by atoms with E-state index in [1.807, 2.05) is 0 Å². The third kappa shape index (κ3) is 4.90. The van der Waals surface area contributed by atoms with Crippen molar-refractivity contribution in [3.63, 3.8) is 0 Å². The number of nitrogens with zero attached hydrogens (tertiary/aromatic N) is 3. The quantitative estimate of drug-likeness (QED) is 0.782. The Morgan fingerprint density at radius 1 is 1.30 bits per heavy atom. The van der Waals surface area contributed by atoms with E-state index in [0.29, 0.717) is 5.56 Å². The van der Waals surface area contributed by atoms with Crippen molar-refractivity contribution in [3.05, 3.63) is 30.1 Å². The van der Waals surface area contributed by atoms with Crippen molar-refractivity contribution in [2.45, 2.75) is 12.8 Å². The molecule has 2 heterocycles. The Bertz CT molecular complexity index is 402. The minimum Gasteiger partial charge on any atom is -0.352 e. The second kappa shape index (κ2) is 7.97. The van der Waals surface area contributed by atoms with Crippen LogP contribution in [0.1, 0.15) is 23.2 Å². The van der Waals surface area contributed by atoms with Crippen LogP contribution in [0.15, 0.2) is 24.5 Å². The van der Waals surface area contributed by atoms with Gasteiger partial charge in [0, 0.05) is 45.1 Å². The first-order chi connectivity index (χ1) is 9.75. The highest BCUT2D eigenvalue weighted by molar-refractivity contribution is 5.93. The summed E-state index contributed by atoms with van der Waals surface area (Å²) in [6, 6.07) is 3.56. The fraction of sp³-hybridized carbons (Fsp3) is 0.600. The lowest BCUT2D eigenvalue weighted by molar-refractivity contribution is 0.0951. The SMILES string of the molecule is CN1CCN(CCCCNC(=O)c2cccnc2)CC1. The first kappa shape index (κ1) is 14.9. The molecule has 1 fully saturated rings. The van der Waals surface area contributed by atoms with Crippen LogP contribution in [-0.4, -0.2) is 67.0 Å². The number of hydrogen-bond acceptors (Lipinski definition) is 4. The summed E-state index contributed by atoms with van der Waals surface area (Å²) < 4.78 is 0. The van der Waals surface area contributed by atoms with Crippen molar-refractivity contribution in [1.82, 2.24) is 20.1 Å². The van der Waals surface area contributed by atoms with Gasteiger partial charge in [0.25, 0.3) is 5.91 Å². The number of amides is 1. The average molecular weight is 276 g/mol. The molecule has 0 saturated carbocycles. The fourth-order valence-electron chi connectivity index (χ4n) is 2.33. The first-order valence-corrected chi connectivity index (χ1v) is 7.35. The summed E-state index contributed by atoms with van der Waals surface area (Å²) >= 11 is 0. The van der Waals surface area contributed by atoms with Gasteiger partial charge in [-0.25, -0.2) is 0 Å². The lowest BCUT2D eigenvalue weighted by atomic mass is 10.2.